The Balaban J connectivity index is 1.76. The standard InChI is InChI=1S/C25H21NO3/c1-29-20-13-11-19(12-14-20)24(27)22-17-26(16-15-18-7-3-2-4-8-18)23-10-6-5-9-21(23)25(22)28/h2-14,17H,15-16H2,1H3. The Morgan fingerprint density at radius 3 is 2.31 bits per heavy atom. The Labute approximate surface area is 169 Å². The number of pyridine rings is 1. The van der Waals surface area contributed by atoms with Crippen molar-refractivity contribution in [3.05, 3.63) is 112 Å². The summed E-state index contributed by atoms with van der Waals surface area (Å²) in [7, 11) is 1.57. The average molecular weight is 383 g/mol. The van der Waals surface area contributed by atoms with E-state index in [1.807, 2.05) is 41.0 Å². The van der Waals surface area contributed by atoms with Gasteiger partial charge in [0.25, 0.3) is 0 Å². The van der Waals surface area contributed by atoms with E-state index in [4.69, 9.17) is 4.74 Å². The smallest absolute Gasteiger partial charge is 0.200 e. The largest absolute Gasteiger partial charge is 0.497 e. The summed E-state index contributed by atoms with van der Waals surface area (Å²) in [6.07, 6.45) is 2.50. The van der Waals surface area contributed by atoms with Crippen LogP contribution in [0.5, 0.6) is 5.75 Å². The third-order valence-electron chi connectivity index (χ3n) is 5.07. The van der Waals surface area contributed by atoms with Crippen molar-refractivity contribution in [1.29, 1.82) is 0 Å². The van der Waals surface area contributed by atoms with Crippen molar-refractivity contribution in [3.8, 4) is 5.75 Å². The molecule has 0 aliphatic heterocycles. The Hall–Kier alpha value is -3.66. The molecule has 0 fully saturated rings. The van der Waals surface area contributed by atoms with Crippen LogP contribution in [0.2, 0.25) is 0 Å². The van der Waals surface area contributed by atoms with Crippen LogP contribution < -0.4 is 10.2 Å². The molecule has 0 saturated carbocycles. The number of ketones is 1. The molecule has 4 heteroatoms. The quantitative estimate of drug-likeness (QED) is 0.461. The lowest BCUT2D eigenvalue weighted by atomic mass is 10.0. The molecule has 1 aromatic heterocycles. The molecule has 4 aromatic rings. The maximum Gasteiger partial charge on any atom is 0.200 e. The number of methoxy groups -OCH3 is 1. The molecule has 0 saturated heterocycles. The normalized spacial score (nSPS) is 10.8. The summed E-state index contributed by atoms with van der Waals surface area (Å²) in [5.41, 5.74) is 2.45. The van der Waals surface area contributed by atoms with Crippen molar-refractivity contribution >= 4 is 16.7 Å². The molecule has 0 aliphatic rings. The van der Waals surface area contributed by atoms with E-state index in [2.05, 4.69) is 12.1 Å². The van der Waals surface area contributed by atoms with Crippen molar-refractivity contribution in [3.63, 3.8) is 0 Å². The summed E-state index contributed by atoms with van der Waals surface area (Å²) in [6.45, 7) is 0.674. The number of benzene rings is 3. The zero-order valence-corrected chi connectivity index (χ0v) is 16.2. The molecule has 0 spiro atoms. The van der Waals surface area contributed by atoms with Crippen LogP contribution >= 0.6 is 0 Å². The number of hydrogen-bond acceptors (Lipinski definition) is 3. The van der Waals surface area contributed by atoms with Crippen LogP contribution in [0.1, 0.15) is 21.5 Å². The maximum absolute atomic E-state index is 13.1. The number of aryl methyl sites for hydroxylation is 2. The molecule has 3 aromatic carbocycles. The van der Waals surface area contributed by atoms with Gasteiger partial charge in [-0.15, -0.1) is 0 Å². The Morgan fingerprint density at radius 1 is 0.897 bits per heavy atom. The minimum absolute atomic E-state index is 0.182. The second-order valence-corrected chi connectivity index (χ2v) is 6.88. The Morgan fingerprint density at radius 2 is 1.59 bits per heavy atom. The molecule has 0 radical (unpaired) electrons. The summed E-state index contributed by atoms with van der Waals surface area (Å²) in [6, 6.07) is 24.4. The van der Waals surface area contributed by atoms with E-state index in [1.165, 1.54) is 5.56 Å². The number of carbonyl (C=O) groups excluding carboxylic acids is 1. The number of rotatable bonds is 6. The van der Waals surface area contributed by atoms with Gasteiger partial charge in [0.15, 0.2) is 5.78 Å². The zero-order valence-electron chi connectivity index (χ0n) is 16.2. The molecule has 0 bridgehead atoms. The van der Waals surface area contributed by atoms with Gasteiger partial charge in [-0.05, 0) is 48.4 Å². The van der Waals surface area contributed by atoms with Crippen LogP contribution in [-0.2, 0) is 13.0 Å². The highest BCUT2D eigenvalue weighted by Gasteiger charge is 2.17. The SMILES string of the molecule is COc1ccc(C(=O)c2cn(CCc3ccccc3)c3ccccc3c2=O)cc1. The van der Waals surface area contributed by atoms with Gasteiger partial charge in [0.2, 0.25) is 5.43 Å². The van der Waals surface area contributed by atoms with Crippen molar-refractivity contribution in [2.45, 2.75) is 13.0 Å². The van der Waals surface area contributed by atoms with Crippen molar-refractivity contribution in [2.75, 3.05) is 7.11 Å². The molecular formula is C25H21NO3. The molecule has 4 rings (SSSR count). The van der Waals surface area contributed by atoms with E-state index in [0.29, 0.717) is 23.2 Å². The third-order valence-corrected chi connectivity index (χ3v) is 5.07. The lowest BCUT2D eigenvalue weighted by Crippen LogP contribution is -2.20. The molecule has 144 valence electrons. The van der Waals surface area contributed by atoms with Crippen LogP contribution in [0.4, 0.5) is 0 Å². The van der Waals surface area contributed by atoms with Crippen molar-refractivity contribution < 1.29 is 9.53 Å². The lowest BCUT2D eigenvalue weighted by Gasteiger charge is -2.13. The molecule has 4 nitrogen and oxygen atoms in total. The molecule has 0 unspecified atom stereocenters. The van der Waals surface area contributed by atoms with Crippen molar-refractivity contribution in [2.24, 2.45) is 0 Å². The molecule has 1 heterocycles. The fourth-order valence-electron chi connectivity index (χ4n) is 3.48. The van der Waals surface area contributed by atoms with E-state index in [9.17, 15) is 9.59 Å². The van der Waals surface area contributed by atoms with Crippen molar-refractivity contribution in [1.82, 2.24) is 4.57 Å². The van der Waals surface area contributed by atoms with E-state index >= 15 is 0 Å². The summed E-state index contributed by atoms with van der Waals surface area (Å²) in [5.74, 6) is 0.386. The Kier molecular flexibility index (Phi) is 5.25. The number of hydrogen-bond donors (Lipinski definition) is 0. The van der Waals surface area contributed by atoms with E-state index in [1.54, 1.807) is 43.6 Å². The van der Waals surface area contributed by atoms with Crippen LogP contribution in [0, 0.1) is 0 Å². The summed E-state index contributed by atoms with van der Waals surface area (Å²) in [4.78, 5) is 26.1. The first kappa shape index (κ1) is 18.7. The van der Waals surface area contributed by atoms with Gasteiger partial charge in [-0.25, -0.2) is 0 Å². The van der Waals surface area contributed by atoms with Crippen LogP contribution in [-0.4, -0.2) is 17.5 Å². The minimum Gasteiger partial charge on any atom is -0.497 e. The number of fused-ring (bicyclic) bond motifs is 1. The summed E-state index contributed by atoms with van der Waals surface area (Å²) < 4.78 is 7.15. The second kappa shape index (κ2) is 8.15. The molecule has 0 atom stereocenters. The summed E-state index contributed by atoms with van der Waals surface area (Å²) in [5, 5.41) is 0.555. The highest BCUT2D eigenvalue weighted by Crippen LogP contribution is 2.17. The fraction of sp³-hybridized carbons (Fsp3) is 0.120. The molecule has 0 N–H and O–H groups in total. The number of nitrogens with zero attached hydrogens (tertiary/aromatic N) is 1. The minimum atomic E-state index is -0.281. The van der Waals surface area contributed by atoms with Gasteiger partial charge in [-0.1, -0.05) is 42.5 Å². The number of carbonyl (C=O) groups is 1. The zero-order chi connectivity index (χ0) is 20.2. The van der Waals surface area contributed by atoms with Gasteiger partial charge in [-0.3, -0.25) is 9.59 Å². The number of para-hydroxylation sites is 1. The predicted octanol–water partition coefficient (Wildman–Crippen LogP) is 4.48. The van der Waals surface area contributed by atoms with E-state index < -0.39 is 0 Å². The number of ether oxygens (including phenoxy) is 1. The first-order chi connectivity index (χ1) is 14.2. The molecule has 0 amide bonds. The monoisotopic (exact) mass is 383 g/mol. The Bertz CT molecular complexity index is 1210. The van der Waals surface area contributed by atoms with Gasteiger partial charge < -0.3 is 9.30 Å². The lowest BCUT2D eigenvalue weighted by molar-refractivity contribution is 0.103. The van der Waals surface area contributed by atoms with Crippen LogP contribution in [0.3, 0.4) is 0 Å². The van der Waals surface area contributed by atoms with E-state index in [0.717, 1.165) is 11.9 Å². The van der Waals surface area contributed by atoms with Gasteiger partial charge in [0, 0.05) is 23.7 Å². The first-order valence-corrected chi connectivity index (χ1v) is 9.52. The van der Waals surface area contributed by atoms with Gasteiger partial charge in [0.05, 0.1) is 18.2 Å². The highest BCUT2D eigenvalue weighted by molar-refractivity contribution is 6.10. The van der Waals surface area contributed by atoms with Gasteiger partial charge >= 0.3 is 0 Å². The topological polar surface area (TPSA) is 48.3 Å². The van der Waals surface area contributed by atoms with E-state index in [-0.39, 0.29) is 16.8 Å². The molecular weight excluding hydrogens is 362 g/mol. The third kappa shape index (κ3) is 3.83. The molecule has 29 heavy (non-hydrogen) atoms. The second-order valence-electron chi connectivity index (χ2n) is 6.88. The average Bonchev–Trinajstić information content (AvgIpc) is 2.79. The van der Waals surface area contributed by atoms with Gasteiger partial charge in [-0.2, -0.15) is 0 Å². The predicted molar refractivity (Wildman–Crippen MR) is 115 cm³/mol. The first-order valence-electron chi connectivity index (χ1n) is 9.52. The number of aromatic nitrogens is 1. The van der Waals surface area contributed by atoms with Gasteiger partial charge in [0.1, 0.15) is 5.75 Å². The fourth-order valence-corrected chi connectivity index (χ4v) is 3.48. The molecule has 0 aliphatic carbocycles. The van der Waals surface area contributed by atoms with Crippen LogP contribution in [0.15, 0.2) is 89.9 Å². The highest BCUT2D eigenvalue weighted by atomic mass is 16.5. The maximum atomic E-state index is 13.1. The summed E-state index contributed by atoms with van der Waals surface area (Å²) >= 11 is 0. The van der Waals surface area contributed by atoms with Crippen LogP contribution in [0.25, 0.3) is 10.9 Å².